The molecule has 8 nitrogen and oxygen atoms in total. The fourth-order valence-corrected chi connectivity index (χ4v) is 4.12. The number of hydrogen-bond donors (Lipinski definition) is 1. The molecule has 1 aliphatic heterocycles. The molecule has 27 heavy (non-hydrogen) atoms. The first-order valence-electron chi connectivity index (χ1n) is 8.58. The summed E-state index contributed by atoms with van der Waals surface area (Å²) in [5, 5.41) is 3.20. The van der Waals surface area contributed by atoms with Crippen molar-refractivity contribution in [2.24, 2.45) is 0 Å². The molecule has 0 spiro atoms. The number of halogens is 1. The molecule has 0 bridgehead atoms. The summed E-state index contributed by atoms with van der Waals surface area (Å²) in [6.45, 7) is 3.91. The Hall–Kier alpha value is -1.23. The van der Waals surface area contributed by atoms with Crippen LogP contribution in [0.2, 0.25) is 0 Å². The van der Waals surface area contributed by atoms with Crippen molar-refractivity contribution in [3.8, 4) is 0 Å². The van der Waals surface area contributed by atoms with Gasteiger partial charge in [0.05, 0.1) is 18.1 Å². The monoisotopic (exact) mass is 421 g/mol. The maximum Gasteiger partial charge on any atom is 0.253 e. The molecule has 0 aliphatic carbocycles. The summed E-state index contributed by atoms with van der Waals surface area (Å²) < 4.78 is 37.0. The van der Waals surface area contributed by atoms with Crippen LogP contribution in [-0.4, -0.2) is 90.2 Å². The van der Waals surface area contributed by atoms with E-state index < -0.39 is 10.0 Å². The number of hydrogen-bond acceptors (Lipinski definition) is 6. The largest absolute Gasteiger partial charge is 0.383 e. The molecular weight excluding hydrogens is 394 g/mol. The fourth-order valence-electron chi connectivity index (χ4n) is 2.71. The van der Waals surface area contributed by atoms with Gasteiger partial charge in [-0.3, -0.25) is 4.79 Å². The van der Waals surface area contributed by atoms with Gasteiger partial charge in [0.25, 0.3) is 5.91 Å². The predicted octanol–water partition coefficient (Wildman–Crippen LogP) is 0.437. The van der Waals surface area contributed by atoms with E-state index in [9.17, 15) is 13.2 Å². The SMILES string of the molecule is COCCN(CCOC)S(=O)(=O)c1ccc(C(=O)N2CCNCC2)cc1.Cl. The second kappa shape index (κ2) is 11.6. The van der Waals surface area contributed by atoms with E-state index in [-0.39, 0.29) is 36.3 Å². The summed E-state index contributed by atoms with van der Waals surface area (Å²) in [4.78, 5) is 14.4. The van der Waals surface area contributed by atoms with Gasteiger partial charge in [-0.1, -0.05) is 0 Å². The Balaban J connectivity index is 0.00000364. The van der Waals surface area contributed by atoms with Crippen LogP contribution in [0, 0.1) is 0 Å². The molecule has 1 aromatic rings. The van der Waals surface area contributed by atoms with Crippen molar-refractivity contribution in [2.75, 3.05) is 66.7 Å². The van der Waals surface area contributed by atoms with Crippen LogP contribution in [-0.2, 0) is 19.5 Å². The van der Waals surface area contributed by atoms with Gasteiger partial charge < -0.3 is 19.7 Å². The van der Waals surface area contributed by atoms with Gasteiger partial charge in [0.2, 0.25) is 10.0 Å². The van der Waals surface area contributed by atoms with Crippen LogP contribution in [0.5, 0.6) is 0 Å². The van der Waals surface area contributed by atoms with Crippen molar-refractivity contribution < 1.29 is 22.7 Å². The number of sulfonamides is 1. The average molecular weight is 422 g/mol. The Bertz CT molecular complexity index is 670. The molecule has 0 aromatic heterocycles. The van der Waals surface area contributed by atoms with E-state index in [1.54, 1.807) is 17.0 Å². The smallest absolute Gasteiger partial charge is 0.253 e. The highest BCUT2D eigenvalue weighted by molar-refractivity contribution is 7.89. The van der Waals surface area contributed by atoms with E-state index in [1.807, 2.05) is 0 Å². The number of nitrogens with one attached hydrogen (secondary N) is 1. The number of amides is 1. The molecule has 1 amide bonds. The van der Waals surface area contributed by atoms with Crippen molar-refractivity contribution in [1.82, 2.24) is 14.5 Å². The minimum Gasteiger partial charge on any atom is -0.383 e. The number of piperazine rings is 1. The number of carbonyl (C=O) groups excluding carboxylic acids is 1. The number of nitrogens with zero attached hydrogens (tertiary/aromatic N) is 2. The van der Waals surface area contributed by atoms with E-state index in [2.05, 4.69) is 5.32 Å². The van der Waals surface area contributed by atoms with E-state index in [0.29, 0.717) is 31.9 Å². The van der Waals surface area contributed by atoms with Crippen LogP contribution in [0.4, 0.5) is 0 Å². The Kier molecular flexibility index (Phi) is 10.2. The summed E-state index contributed by atoms with van der Waals surface area (Å²) in [5.74, 6) is -0.0777. The second-order valence-corrected chi connectivity index (χ2v) is 7.89. The quantitative estimate of drug-likeness (QED) is 0.622. The molecule has 1 N–H and O–H groups in total. The van der Waals surface area contributed by atoms with Gasteiger partial charge in [0, 0.05) is 59.1 Å². The summed E-state index contributed by atoms with van der Waals surface area (Å²) in [7, 11) is -0.624. The van der Waals surface area contributed by atoms with E-state index in [0.717, 1.165) is 13.1 Å². The molecule has 1 saturated heterocycles. The van der Waals surface area contributed by atoms with Crippen LogP contribution in [0.15, 0.2) is 29.2 Å². The molecular formula is C17H28ClN3O5S. The summed E-state index contributed by atoms with van der Waals surface area (Å²) in [6.07, 6.45) is 0. The van der Waals surface area contributed by atoms with Crippen molar-refractivity contribution in [2.45, 2.75) is 4.90 Å². The van der Waals surface area contributed by atoms with Crippen molar-refractivity contribution in [1.29, 1.82) is 0 Å². The summed E-state index contributed by atoms with van der Waals surface area (Å²) >= 11 is 0. The zero-order valence-corrected chi connectivity index (χ0v) is 17.4. The third-order valence-electron chi connectivity index (χ3n) is 4.23. The number of carbonyl (C=O) groups is 1. The Morgan fingerprint density at radius 3 is 2.07 bits per heavy atom. The molecule has 0 saturated carbocycles. The third kappa shape index (κ3) is 6.41. The molecule has 10 heteroatoms. The molecule has 1 heterocycles. The lowest BCUT2D eigenvalue weighted by atomic mass is 10.2. The molecule has 2 rings (SSSR count). The Morgan fingerprint density at radius 1 is 1.07 bits per heavy atom. The highest BCUT2D eigenvalue weighted by Gasteiger charge is 2.25. The summed E-state index contributed by atoms with van der Waals surface area (Å²) in [6, 6.07) is 6.11. The molecule has 0 radical (unpaired) electrons. The predicted molar refractivity (Wildman–Crippen MR) is 105 cm³/mol. The molecule has 0 unspecified atom stereocenters. The Labute approximate surface area is 167 Å². The zero-order chi connectivity index (χ0) is 19.0. The first kappa shape index (κ1) is 23.8. The van der Waals surface area contributed by atoms with E-state index in [1.165, 1.54) is 30.7 Å². The standard InChI is InChI=1S/C17H27N3O5S.ClH/c1-24-13-11-20(12-14-25-2)26(22,23)16-5-3-15(4-6-16)17(21)19-9-7-18-8-10-19;/h3-6,18H,7-14H2,1-2H3;1H. The van der Waals surface area contributed by atoms with Crippen LogP contribution < -0.4 is 5.32 Å². The summed E-state index contributed by atoms with van der Waals surface area (Å²) in [5.41, 5.74) is 0.492. The van der Waals surface area contributed by atoms with E-state index in [4.69, 9.17) is 9.47 Å². The highest BCUT2D eigenvalue weighted by Crippen LogP contribution is 2.17. The van der Waals surface area contributed by atoms with Gasteiger partial charge in [0.15, 0.2) is 0 Å². The lowest BCUT2D eigenvalue weighted by Gasteiger charge is -2.27. The average Bonchev–Trinajstić information content (AvgIpc) is 2.68. The lowest BCUT2D eigenvalue weighted by molar-refractivity contribution is 0.0735. The first-order valence-corrected chi connectivity index (χ1v) is 10.0. The van der Waals surface area contributed by atoms with Gasteiger partial charge in [0.1, 0.15) is 0 Å². The fraction of sp³-hybridized carbons (Fsp3) is 0.588. The van der Waals surface area contributed by atoms with Crippen LogP contribution in [0.1, 0.15) is 10.4 Å². The van der Waals surface area contributed by atoms with Crippen LogP contribution in [0.3, 0.4) is 0 Å². The van der Waals surface area contributed by atoms with Gasteiger partial charge in [-0.15, -0.1) is 12.4 Å². The topological polar surface area (TPSA) is 88.2 Å². The first-order chi connectivity index (χ1) is 12.5. The van der Waals surface area contributed by atoms with Crippen molar-refractivity contribution in [3.05, 3.63) is 29.8 Å². The molecule has 154 valence electrons. The molecule has 1 aliphatic rings. The number of ether oxygens (including phenoxy) is 2. The normalized spacial score (nSPS) is 14.9. The third-order valence-corrected chi connectivity index (χ3v) is 6.15. The van der Waals surface area contributed by atoms with Gasteiger partial charge >= 0.3 is 0 Å². The number of rotatable bonds is 9. The van der Waals surface area contributed by atoms with Crippen LogP contribution in [0.25, 0.3) is 0 Å². The molecule has 1 fully saturated rings. The lowest BCUT2D eigenvalue weighted by Crippen LogP contribution is -2.46. The minimum absolute atomic E-state index is 0. The minimum atomic E-state index is -3.67. The number of benzene rings is 1. The second-order valence-electron chi connectivity index (χ2n) is 5.96. The van der Waals surface area contributed by atoms with Crippen molar-refractivity contribution in [3.63, 3.8) is 0 Å². The zero-order valence-electron chi connectivity index (χ0n) is 15.7. The van der Waals surface area contributed by atoms with Crippen LogP contribution >= 0.6 is 12.4 Å². The highest BCUT2D eigenvalue weighted by atomic mass is 35.5. The van der Waals surface area contributed by atoms with Gasteiger partial charge in [-0.25, -0.2) is 8.42 Å². The number of methoxy groups -OCH3 is 2. The molecule has 0 atom stereocenters. The van der Waals surface area contributed by atoms with Crippen molar-refractivity contribution >= 4 is 28.3 Å². The van der Waals surface area contributed by atoms with E-state index >= 15 is 0 Å². The van der Waals surface area contributed by atoms with Gasteiger partial charge in [-0.05, 0) is 24.3 Å². The Morgan fingerprint density at radius 2 is 1.59 bits per heavy atom. The molecule has 1 aromatic carbocycles. The van der Waals surface area contributed by atoms with Gasteiger partial charge in [-0.2, -0.15) is 4.31 Å². The maximum absolute atomic E-state index is 12.8. The maximum atomic E-state index is 12.8.